The summed E-state index contributed by atoms with van der Waals surface area (Å²) >= 11 is 0. The number of carbonyl (C=O) groups excluding carboxylic acids is 1. The predicted molar refractivity (Wildman–Crippen MR) is 76.3 cm³/mol. The van der Waals surface area contributed by atoms with Gasteiger partial charge in [-0.15, -0.1) is 0 Å². The molecule has 0 aliphatic heterocycles. The van der Waals surface area contributed by atoms with E-state index in [1.807, 2.05) is 13.8 Å². The summed E-state index contributed by atoms with van der Waals surface area (Å²) in [5, 5.41) is 3.12. The van der Waals surface area contributed by atoms with Gasteiger partial charge in [-0.3, -0.25) is 0 Å². The highest BCUT2D eigenvalue weighted by molar-refractivity contribution is 5.81. The van der Waals surface area contributed by atoms with E-state index >= 15 is 0 Å². The van der Waals surface area contributed by atoms with E-state index in [2.05, 4.69) is 5.32 Å². The van der Waals surface area contributed by atoms with E-state index in [4.69, 9.17) is 15.2 Å². The first-order valence-electron chi connectivity index (χ1n) is 6.25. The zero-order valence-corrected chi connectivity index (χ0v) is 11.9. The number of nitrogen functional groups attached to an aromatic ring is 1. The van der Waals surface area contributed by atoms with Gasteiger partial charge in [-0.2, -0.15) is 0 Å². The maximum absolute atomic E-state index is 11.8. The molecule has 0 spiro atoms. The van der Waals surface area contributed by atoms with Gasteiger partial charge in [0.2, 0.25) is 0 Å². The number of anilines is 2. The number of methoxy groups -OCH3 is 2. The van der Waals surface area contributed by atoms with Crippen LogP contribution >= 0.6 is 0 Å². The van der Waals surface area contributed by atoms with E-state index < -0.39 is 6.04 Å². The molecule has 0 aliphatic carbocycles. The lowest BCUT2D eigenvalue weighted by molar-refractivity contribution is -0.141. The van der Waals surface area contributed by atoms with Gasteiger partial charge in [-0.05, 0) is 24.5 Å². The van der Waals surface area contributed by atoms with Crippen LogP contribution in [-0.2, 0) is 9.53 Å². The fraction of sp³-hybridized carbons (Fsp3) is 0.500. The first kappa shape index (κ1) is 15.1. The molecular weight excluding hydrogens is 244 g/mol. The van der Waals surface area contributed by atoms with Crippen molar-refractivity contribution < 1.29 is 14.3 Å². The largest absolute Gasteiger partial charge is 0.497 e. The minimum atomic E-state index is -0.417. The van der Waals surface area contributed by atoms with Crippen molar-refractivity contribution in [2.75, 3.05) is 25.3 Å². The number of rotatable bonds is 6. The lowest BCUT2D eigenvalue weighted by Crippen LogP contribution is -2.32. The summed E-state index contributed by atoms with van der Waals surface area (Å²) in [4.78, 5) is 11.8. The number of hydrogen-bond acceptors (Lipinski definition) is 5. The highest BCUT2D eigenvalue weighted by atomic mass is 16.5. The van der Waals surface area contributed by atoms with Crippen LogP contribution < -0.4 is 15.8 Å². The Hall–Kier alpha value is -1.91. The van der Waals surface area contributed by atoms with E-state index in [1.165, 1.54) is 7.11 Å². The molecule has 1 atom stereocenters. The molecule has 0 saturated carbocycles. The topological polar surface area (TPSA) is 73.6 Å². The first-order chi connectivity index (χ1) is 8.97. The Kier molecular flexibility index (Phi) is 5.48. The first-order valence-corrected chi connectivity index (χ1v) is 6.25. The predicted octanol–water partition coefficient (Wildman–Crippen LogP) is 2.28. The summed E-state index contributed by atoms with van der Waals surface area (Å²) in [6, 6.07) is 4.87. The average Bonchev–Trinajstić information content (AvgIpc) is 2.38. The van der Waals surface area contributed by atoms with Gasteiger partial charge >= 0.3 is 5.97 Å². The Labute approximate surface area is 114 Å². The molecule has 1 rings (SSSR count). The summed E-state index contributed by atoms with van der Waals surface area (Å²) in [6.07, 6.45) is 0.670. The molecule has 19 heavy (non-hydrogen) atoms. The average molecular weight is 266 g/mol. The highest BCUT2D eigenvalue weighted by Crippen LogP contribution is 2.26. The number of nitrogens with two attached hydrogens (primary N) is 1. The van der Waals surface area contributed by atoms with Crippen LogP contribution in [-0.4, -0.2) is 26.2 Å². The molecule has 0 bridgehead atoms. The van der Waals surface area contributed by atoms with Crippen LogP contribution in [0.25, 0.3) is 0 Å². The molecule has 3 N–H and O–H groups in total. The van der Waals surface area contributed by atoms with Crippen LogP contribution in [0.3, 0.4) is 0 Å². The Morgan fingerprint density at radius 2 is 2.05 bits per heavy atom. The monoisotopic (exact) mass is 266 g/mol. The highest BCUT2D eigenvalue weighted by Gasteiger charge is 2.21. The number of esters is 1. The molecule has 5 nitrogen and oxygen atoms in total. The summed E-state index contributed by atoms with van der Waals surface area (Å²) in [7, 11) is 2.97. The minimum Gasteiger partial charge on any atom is -0.497 e. The van der Waals surface area contributed by atoms with E-state index in [-0.39, 0.29) is 5.97 Å². The lowest BCUT2D eigenvalue weighted by atomic mass is 10.0. The second kappa shape index (κ2) is 6.87. The van der Waals surface area contributed by atoms with Gasteiger partial charge in [-0.1, -0.05) is 13.8 Å². The van der Waals surface area contributed by atoms with E-state index in [9.17, 15) is 4.79 Å². The van der Waals surface area contributed by atoms with Crippen LogP contribution in [0.4, 0.5) is 11.4 Å². The number of hydrogen-bond donors (Lipinski definition) is 2. The summed E-state index contributed by atoms with van der Waals surface area (Å²) in [5.41, 5.74) is 7.14. The van der Waals surface area contributed by atoms with Crippen molar-refractivity contribution in [1.82, 2.24) is 0 Å². The Balaban J connectivity index is 2.91. The van der Waals surface area contributed by atoms with Gasteiger partial charge in [-0.25, -0.2) is 4.79 Å². The molecule has 5 heteroatoms. The minimum absolute atomic E-state index is 0.295. The van der Waals surface area contributed by atoms with Crippen molar-refractivity contribution in [3.8, 4) is 5.75 Å². The lowest BCUT2D eigenvalue weighted by Gasteiger charge is -2.20. The molecule has 1 aromatic carbocycles. The van der Waals surface area contributed by atoms with Crippen LogP contribution in [0.15, 0.2) is 18.2 Å². The van der Waals surface area contributed by atoms with Gasteiger partial charge in [0.25, 0.3) is 0 Å². The fourth-order valence-electron chi connectivity index (χ4n) is 1.80. The molecule has 0 aromatic heterocycles. The van der Waals surface area contributed by atoms with Crippen molar-refractivity contribution >= 4 is 17.3 Å². The maximum atomic E-state index is 11.8. The van der Waals surface area contributed by atoms with Gasteiger partial charge in [0.1, 0.15) is 11.8 Å². The van der Waals surface area contributed by atoms with Crippen LogP contribution in [0.1, 0.15) is 20.3 Å². The van der Waals surface area contributed by atoms with Crippen molar-refractivity contribution in [3.63, 3.8) is 0 Å². The Morgan fingerprint density at radius 1 is 1.37 bits per heavy atom. The van der Waals surface area contributed by atoms with Crippen molar-refractivity contribution in [3.05, 3.63) is 18.2 Å². The Bertz CT molecular complexity index is 433. The molecule has 1 aromatic rings. The molecular formula is C14H22N2O3. The van der Waals surface area contributed by atoms with Crippen molar-refractivity contribution in [2.45, 2.75) is 26.3 Å². The molecule has 0 saturated heterocycles. The molecule has 0 amide bonds. The zero-order valence-electron chi connectivity index (χ0n) is 11.9. The third kappa shape index (κ3) is 4.35. The standard InChI is InChI=1S/C14H22N2O3/c1-9(2)7-13(14(17)19-4)16-12-8-10(18-3)5-6-11(12)15/h5-6,8-9,13,16H,7,15H2,1-4H3. The summed E-state index contributed by atoms with van der Waals surface area (Å²) in [6.45, 7) is 4.10. The Morgan fingerprint density at radius 3 is 2.58 bits per heavy atom. The molecule has 0 heterocycles. The molecule has 0 fully saturated rings. The number of ether oxygens (including phenoxy) is 2. The van der Waals surface area contributed by atoms with Gasteiger partial charge in [0.15, 0.2) is 0 Å². The van der Waals surface area contributed by atoms with E-state index in [0.717, 1.165) is 0 Å². The third-order valence-corrected chi connectivity index (χ3v) is 2.78. The zero-order chi connectivity index (χ0) is 14.4. The fourth-order valence-corrected chi connectivity index (χ4v) is 1.80. The number of benzene rings is 1. The van der Waals surface area contributed by atoms with E-state index in [1.54, 1.807) is 25.3 Å². The second-order valence-corrected chi connectivity index (χ2v) is 4.80. The molecule has 0 radical (unpaired) electrons. The molecule has 1 unspecified atom stereocenters. The summed E-state index contributed by atoms with van der Waals surface area (Å²) in [5.74, 6) is 0.754. The van der Waals surface area contributed by atoms with Gasteiger partial charge in [0, 0.05) is 6.07 Å². The van der Waals surface area contributed by atoms with E-state index in [0.29, 0.717) is 29.5 Å². The smallest absolute Gasteiger partial charge is 0.328 e. The van der Waals surface area contributed by atoms with Gasteiger partial charge < -0.3 is 20.5 Å². The van der Waals surface area contributed by atoms with Crippen LogP contribution in [0.2, 0.25) is 0 Å². The number of nitrogens with one attached hydrogen (secondary N) is 1. The molecule has 0 aliphatic rings. The third-order valence-electron chi connectivity index (χ3n) is 2.78. The van der Waals surface area contributed by atoms with Gasteiger partial charge in [0.05, 0.1) is 25.6 Å². The number of carbonyl (C=O) groups is 1. The van der Waals surface area contributed by atoms with Crippen LogP contribution in [0, 0.1) is 5.92 Å². The maximum Gasteiger partial charge on any atom is 0.328 e. The SMILES string of the molecule is COC(=O)C(CC(C)C)Nc1cc(OC)ccc1N. The summed E-state index contributed by atoms with van der Waals surface area (Å²) < 4.78 is 9.96. The van der Waals surface area contributed by atoms with Crippen LogP contribution in [0.5, 0.6) is 5.75 Å². The normalized spacial score (nSPS) is 12.1. The van der Waals surface area contributed by atoms with Crippen molar-refractivity contribution in [1.29, 1.82) is 0 Å². The molecule has 106 valence electrons. The second-order valence-electron chi connectivity index (χ2n) is 4.80. The van der Waals surface area contributed by atoms with Crippen molar-refractivity contribution in [2.24, 2.45) is 5.92 Å². The quantitative estimate of drug-likeness (QED) is 0.610.